The average molecular weight is 206 g/mol. The first-order valence-corrected chi connectivity index (χ1v) is 6.54. The zero-order valence-corrected chi connectivity index (χ0v) is 8.96. The lowest BCUT2D eigenvalue weighted by atomic mass is 10.2. The van der Waals surface area contributed by atoms with Gasteiger partial charge in [0.15, 0.2) is 0 Å². The van der Waals surface area contributed by atoms with Crippen molar-refractivity contribution in [2.75, 3.05) is 19.6 Å². The van der Waals surface area contributed by atoms with Crippen LogP contribution in [0.4, 0.5) is 0 Å². The molecule has 0 aromatic carbocycles. The smallest absolute Gasteiger partial charge is 0.273 e. The summed E-state index contributed by atoms with van der Waals surface area (Å²) >= 11 is 0. The molecule has 0 spiro atoms. The van der Waals surface area contributed by atoms with Crippen LogP contribution in [0, 0.1) is 0 Å². The van der Waals surface area contributed by atoms with E-state index in [4.69, 9.17) is 11.0 Å². The number of rotatable bonds is 4. The Kier molecular flexibility index (Phi) is 3.88. The highest BCUT2D eigenvalue weighted by molar-refractivity contribution is 7.56. The first kappa shape index (κ1) is 11.1. The van der Waals surface area contributed by atoms with E-state index in [2.05, 4.69) is 16.9 Å². The van der Waals surface area contributed by atoms with Gasteiger partial charge in [-0.25, -0.2) is 5.09 Å². The number of hydrogen-bond donors (Lipinski definition) is 3. The summed E-state index contributed by atoms with van der Waals surface area (Å²) in [5.41, 5.74) is 10.4. The third kappa shape index (κ3) is 3.75. The van der Waals surface area contributed by atoms with Gasteiger partial charge in [0.25, 0.3) is 7.59 Å². The standard InChI is InChI=1S/C7H19N4OP/c1-2-11-5-3-4-7(11)6-10-13(8,9)12/h7H,2-6H2,1H3,(H5,8,9,10,12). The van der Waals surface area contributed by atoms with E-state index in [1.165, 1.54) is 6.42 Å². The molecule has 6 heteroatoms. The molecule has 1 aliphatic heterocycles. The summed E-state index contributed by atoms with van der Waals surface area (Å²) in [5, 5.41) is 2.70. The van der Waals surface area contributed by atoms with Crippen LogP contribution in [0.1, 0.15) is 19.8 Å². The molecule has 13 heavy (non-hydrogen) atoms. The normalized spacial score (nSPS) is 25.3. The van der Waals surface area contributed by atoms with Crippen molar-refractivity contribution in [3.63, 3.8) is 0 Å². The highest BCUT2D eigenvalue weighted by Gasteiger charge is 2.23. The fourth-order valence-corrected chi connectivity index (χ4v) is 2.29. The maximum atomic E-state index is 11.0. The maximum absolute atomic E-state index is 11.0. The van der Waals surface area contributed by atoms with E-state index < -0.39 is 7.59 Å². The van der Waals surface area contributed by atoms with Crippen molar-refractivity contribution in [1.29, 1.82) is 0 Å². The third-order valence-electron chi connectivity index (χ3n) is 2.48. The van der Waals surface area contributed by atoms with Crippen LogP contribution in [0.25, 0.3) is 0 Å². The Morgan fingerprint density at radius 1 is 1.62 bits per heavy atom. The maximum Gasteiger partial charge on any atom is 0.273 e. The van der Waals surface area contributed by atoms with Crippen LogP contribution in [0.5, 0.6) is 0 Å². The van der Waals surface area contributed by atoms with E-state index in [0.717, 1.165) is 19.5 Å². The summed E-state index contributed by atoms with van der Waals surface area (Å²) < 4.78 is 11.0. The van der Waals surface area contributed by atoms with Crippen molar-refractivity contribution in [1.82, 2.24) is 9.99 Å². The van der Waals surface area contributed by atoms with Crippen LogP contribution in [0.3, 0.4) is 0 Å². The Balaban J connectivity index is 2.32. The lowest BCUT2D eigenvalue weighted by Crippen LogP contribution is -2.38. The van der Waals surface area contributed by atoms with Gasteiger partial charge >= 0.3 is 0 Å². The minimum atomic E-state index is -3.03. The molecule has 1 unspecified atom stereocenters. The highest BCUT2D eigenvalue weighted by Crippen LogP contribution is 2.21. The van der Waals surface area contributed by atoms with Gasteiger partial charge in [0.2, 0.25) is 0 Å². The van der Waals surface area contributed by atoms with Gasteiger partial charge in [-0.2, -0.15) is 0 Å². The summed E-state index contributed by atoms with van der Waals surface area (Å²) in [6, 6.07) is 0.449. The molecular formula is C7H19N4OP. The van der Waals surface area contributed by atoms with Gasteiger partial charge in [-0.1, -0.05) is 6.92 Å². The predicted octanol–water partition coefficient (Wildman–Crippen LogP) is 0.0858. The van der Waals surface area contributed by atoms with E-state index in [0.29, 0.717) is 12.6 Å². The number of nitrogens with one attached hydrogen (secondary N) is 1. The van der Waals surface area contributed by atoms with E-state index in [1.54, 1.807) is 0 Å². The molecular weight excluding hydrogens is 187 g/mol. The summed E-state index contributed by atoms with van der Waals surface area (Å²) in [7, 11) is -3.03. The van der Waals surface area contributed by atoms with E-state index in [-0.39, 0.29) is 0 Å². The monoisotopic (exact) mass is 206 g/mol. The SMILES string of the molecule is CCN1CCCC1CNP(N)(N)=O. The average Bonchev–Trinajstić information content (AvgIpc) is 2.46. The lowest BCUT2D eigenvalue weighted by Gasteiger charge is -2.23. The van der Waals surface area contributed by atoms with E-state index >= 15 is 0 Å². The molecule has 0 radical (unpaired) electrons. The van der Waals surface area contributed by atoms with Crippen molar-refractivity contribution in [2.45, 2.75) is 25.8 Å². The molecule has 5 nitrogen and oxygen atoms in total. The van der Waals surface area contributed by atoms with Crippen molar-refractivity contribution in [3.05, 3.63) is 0 Å². The van der Waals surface area contributed by atoms with Gasteiger partial charge in [-0.15, -0.1) is 0 Å². The Hall–Kier alpha value is 0.0700. The molecule has 78 valence electrons. The second-order valence-electron chi connectivity index (χ2n) is 3.50. The van der Waals surface area contributed by atoms with Crippen LogP contribution in [-0.4, -0.2) is 30.6 Å². The van der Waals surface area contributed by atoms with Gasteiger partial charge in [0.05, 0.1) is 0 Å². The predicted molar refractivity (Wildman–Crippen MR) is 54.3 cm³/mol. The van der Waals surface area contributed by atoms with Crippen LogP contribution >= 0.6 is 7.59 Å². The van der Waals surface area contributed by atoms with Crippen molar-refractivity contribution in [2.24, 2.45) is 11.0 Å². The largest absolute Gasteiger partial charge is 0.299 e. The molecule has 1 heterocycles. The molecule has 0 saturated carbocycles. The van der Waals surface area contributed by atoms with Gasteiger partial charge in [0.1, 0.15) is 0 Å². The summed E-state index contributed by atoms with van der Waals surface area (Å²) in [6.07, 6.45) is 2.35. The zero-order valence-electron chi connectivity index (χ0n) is 8.07. The van der Waals surface area contributed by atoms with Gasteiger partial charge < -0.3 is 0 Å². The number of likely N-dealkylation sites (tertiary alicyclic amines) is 1. The molecule has 5 N–H and O–H groups in total. The second-order valence-corrected chi connectivity index (χ2v) is 5.23. The first-order chi connectivity index (χ1) is 6.03. The van der Waals surface area contributed by atoms with Crippen LogP contribution in [0.15, 0.2) is 0 Å². The molecule has 1 atom stereocenters. The second kappa shape index (κ2) is 4.53. The Morgan fingerprint density at radius 3 is 2.85 bits per heavy atom. The molecule has 0 aromatic rings. The Labute approximate surface area is 79.4 Å². The molecule has 1 rings (SSSR count). The molecule has 1 fully saturated rings. The first-order valence-electron chi connectivity index (χ1n) is 4.69. The highest BCUT2D eigenvalue weighted by atomic mass is 31.2. The number of nitrogens with two attached hydrogens (primary N) is 2. The number of likely N-dealkylation sites (N-methyl/N-ethyl adjacent to an activating group) is 1. The Bertz CT molecular complexity index is 205. The van der Waals surface area contributed by atoms with Crippen molar-refractivity contribution >= 4 is 7.59 Å². The van der Waals surface area contributed by atoms with Crippen molar-refractivity contribution < 1.29 is 4.57 Å². The van der Waals surface area contributed by atoms with Crippen molar-refractivity contribution in [3.8, 4) is 0 Å². The fourth-order valence-electron chi connectivity index (χ4n) is 1.79. The molecule has 1 aliphatic rings. The third-order valence-corrected chi connectivity index (χ3v) is 3.16. The zero-order chi connectivity index (χ0) is 9.90. The topological polar surface area (TPSA) is 84.4 Å². The fraction of sp³-hybridized carbons (Fsp3) is 1.00. The summed E-state index contributed by atoms with van der Waals surface area (Å²) in [5.74, 6) is 0. The number of nitrogens with zero attached hydrogens (tertiary/aromatic N) is 1. The molecule has 1 saturated heterocycles. The van der Waals surface area contributed by atoms with Crippen LogP contribution < -0.4 is 16.1 Å². The van der Waals surface area contributed by atoms with Crippen LogP contribution in [0.2, 0.25) is 0 Å². The Morgan fingerprint density at radius 2 is 2.31 bits per heavy atom. The molecule has 0 amide bonds. The quantitative estimate of drug-likeness (QED) is 0.567. The summed E-state index contributed by atoms with van der Waals surface area (Å²) in [6.45, 7) is 4.93. The minimum Gasteiger partial charge on any atom is -0.299 e. The van der Waals surface area contributed by atoms with Gasteiger partial charge in [-0.05, 0) is 25.9 Å². The number of hydrogen-bond acceptors (Lipinski definition) is 2. The summed E-state index contributed by atoms with van der Waals surface area (Å²) in [4.78, 5) is 2.35. The molecule has 0 aromatic heterocycles. The molecule has 0 bridgehead atoms. The lowest BCUT2D eigenvalue weighted by molar-refractivity contribution is 0.268. The van der Waals surface area contributed by atoms with Crippen LogP contribution in [-0.2, 0) is 4.57 Å². The molecule has 0 aliphatic carbocycles. The van der Waals surface area contributed by atoms with E-state index in [9.17, 15) is 4.57 Å². The van der Waals surface area contributed by atoms with E-state index in [1.807, 2.05) is 0 Å². The minimum absolute atomic E-state index is 0.449. The van der Waals surface area contributed by atoms with Gasteiger partial charge in [-0.3, -0.25) is 20.5 Å². The van der Waals surface area contributed by atoms with Gasteiger partial charge in [0, 0.05) is 12.6 Å².